The molecule has 0 bridgehead atoms. The summed E-state index contributed by atoms with van der Waals surface area (Å²) in [4.78, 5) is 13.4. The summed E-state index contributed by atoms with van der Waals surface area (Å²) >= 11 is 0. The van der Waals surface area contributed by atoms with E-state index in [4.69, 9.17) is 42.0 Å². The quantitative estimate of drug-likeness (QED) is 0.0391. The molecule has 1 N–H and O–H groups in total. The maximum Gasteiger partial charge on any atom is 0.192 e. The second-order valence-corrected chi connectivity index (χ2v) is 35.1. The molecule has 0 saturated carbocycles. The maximum atomic E-state index is 13.4. The second-order valence-electron chi connectivity index (χ2n) is 25.6. The number of carbonyl (C=O) groups is 1. The molecule has 3 heterocycles. The first-order chi connectivity index (χ1) is 40.1. The van der Waals surface area contributed by atoms with Crippen LogP contribution in [0.1, 0.15) is 179 Å². The van der Waals surface area contributed by atoms with E-state index in [1.165, 1.54) is 19.3 Å². The average Bonchev–Trinajstić information content (AvgIpc) is 2.59. The average molecular weight is 1210 g/mol. The van der Waals surface area contributed by atoms with Gasteiger partial charge < -0.3 is 47.1 Å². The normalized spacial score (nSPS) is 25.5. The van der Waals surface area contributed by atoms with Crippen molar-refractivity contribution in [2.45, 2.75) is 278 Å². The van der Waals surface area contributed by atoms with E-state index in [9.17, 15) is 9.90 Å². The minimum Gasteiger partial charge on any atom is -0.497 e. The predicted molar refractivity (Wildman–Crippen MR) is 353 cm³/mol. The van der Waals surface area contributed by atoms with Crippen molar-refractivity contribution in [1.82, 2.24) is 0 Å². The van der Waals surface area contributed by atoms with Gasteiger partial charge in [0.25, 0.3) is 0 Å². The number of hydrogen-bond donors (Lipinski definition) is 1. The molecule has 3 fully saturated rings. The number of aliphatic hydroxyl groups is 1. The number of epoxide rings is 1. The molecule has 0 radical (unpaired) electrons. The van der Waals surface area contributed by atoms with Gasteiger partial charge in [-0.1, -0.05) is 153 Å². The molecule has 84 heavy (non-hydrogen) atoms. The van der Waals surface area contributed by atoms with Crippen LogP contribution in [0.5, 0.6) is 11.5 Å². The Balaban J connectivity index is 0.000000428. The molecule has 17 atom stereocenters. The van der Waals surface area contributed by atoms with Gasteiger partial charge in [-0.3, -0.25) is 4.79 Å². The highest BCUT2D eigenvalue weighted by atomic mass is 28.4. The fourth-order valence-corrected chi connectivity index (χ4v) is 18.7. The summed E-state index contributed by atoms with van der Waals surface area (Å²) in [6, 6.07) is 22.4. The Kier molecular flexibility index (Phi) is 33.9. The number of hydrogen-bond acceptors (Lipinski definition) is 11. The van der Waals surface area contributed by atoms with Gasteiger partial charge in [-0.15, -0.1) is 26.3 Å². The zero-order valence-corrected chi connectivity index (χ0v) is 58.1. The lowest BCUT2D eigenvalue weighted by Gasteiger charge is -2.37. The van der Waals surface area contributed by atoms with Gasteiger partial charge in [-0.25, -0.2) is 0 Å². The van der Waals surface area contributed by atoms with E-state index in [2.05, 4.69) is 130 Å². The predicted octanol–water partition coefficient (Wildman–Crippen LogP) is 17.7. The lowest BCUT2D eigenvalue weighted by Crippen LogP contribution is -2.47. The van der Waals surface area contributed by atoms with Gasteiger partial charge in [0, 0.05) is 38.5 Å². The van der Waals surface area contributed by atoms with E-state index in [0.29, 0.717) is 62.8 Å². The van der Waals surface area contributed by atoms with Crippen LogP contribution in [0.3, 0.4) is 0 Å². The largest absolute Gasteiger partial charge is 0.497 e. The molecule has 13 heteroatoms. The summed E-state index contributed by atoms with van der Waals surface area (Å²) in [5, 5.41) is 11.8. The molecule has 480 valence electrons. The molecule has 0 spiro atoms. The van der Waals surface area contributed by atoms with Crippen LogP contribution in [0, 0.1) is 41.4 Å². The lowest BCUT2D eigenvalue weighted by molar-refractivity contribution is -0.219. The van der Waals surface area contributed by atoms with Gasteiger partial charge in [0.05, 0.1) is 82.4 Å². The summed E-state index contributed by atoms with van der Waals surface area (Å²) in [7, 11) is -0.364. The van der Waals surface area contributed by atoms with Crippen LogP contribution in [-0.4, -0.2) is 102 Å². The van der Waals surface area contributed by atoms with Gasteiger partial charge in [-0.05, 0) is 126 Å². The van der Waals surface area contributed by atoms with Crippen molar-refractivity contribution >= 4 is 22.4 Å². The third-order valence-corrected chi connectivity index (χ3v) is 28.8. The van der Waals surface area contributed by atoms with Crippen molar-refractivity contribution in [3.05, 3.63) is 98.1 Å². The number of ether oxygens (including phenoxy) is 7. The zero-order chi connectivity index (χ0) is 62.8. The van der Waals surface area contributed by atoms with E-state index in [0.717, 1.165) is 78.2 Å². The Morgan fingerprint density at radius 1 is 0.667 bits per heavy atom. The summed E-state index contributed by atoms with van der Waals surface area (Å²) < 4.78 is 56.6. The van der Waals surface area contributed by atoms with Crippen LogP contribution in [0.4, 0.5) is 0 Å². The molecule has 3 aliphatic heterocycles. The summed E-state index contributed by atoms with van der Waals surface area (Å²) in [6.45, 7) is 48.7. The van der Waals surface area contributed by atoms with Crippen molar-refractivity contribution < 1.29 is 51.9 Å². The van der Waals surface area contributed by atoms with Crippen LogP contribution >= 0.6 is 0 Å². The number of methoxy groups -OCH3 is 2. The van der Waals surface area contributed by atoms with Gasteiger partial charge in [0.15, 0.2) is 22.4 Å². The molecule has 1 unspecified atom stereocenters. The molecule has 3 saturated heterocycles. The highest BCUT2D eigenvalue weighted by Gasteiger charge is 2.52. The first kappa shape index (κ1) is 75.3. The molecule has 3 aliphatic rings. The molecule has 0 amide bonds. The molecule has 5 rings (SSSR count). The zero-order valence-electron chi connectivity index (χ0n) is 56.1. The minimum atomic E-state index is -1.89. The molecular weight excluding hydrogens is 1080 g/mol. The Morgan fingerprint density at radius 3 is 1.62 bits per heavy atom. The monoisotopic (exact) mass is 1210 g/mol. The van der Waals surface area contributed by atoms with Crippen molar-refractivity contribution in [3.63, 3.8) is 0 Å². The van der Waals surface area contributed by atoms with E-state index in [1.54, 1.807) is 14.2 Å². The Labute approximate surface area is 515 Å². The third-order valence-electron chi connectivity index (χ3n) is 19.4. The Bertz CT molecular complexity index is 2120. The van der Waals surface area contributed by atoms with Gasteiger partial charge >= 0.3 is 0 Å². The van der Waals surface area contributed by atoms with E-state index >= 15 is 0 Å². The number of ketones is 1. The number of benzene rings is 2. The first-order valence-corrected chi connectivity index (χ1v) is 38.0. The molecular formula is C71H122O11Si2. The van der Waals surface area contributed by atoms with Crippen molar-refractivity contribution in [2.75, 3.05) is 14.2 Å². The standard InChI is InChI=1S/C35H60O5Si.C34H58O6Si.C2H4/c1-11-25(6)20-26(7)33-23-34(40-41(13-3,14-4)15-5)35(39-33)28(9)22-30(36)21-27(8)32(12-2)38-24-29-16-18-31(37-10)19-17-29;1-10-24(6)19-30-31(38-30)20-32(40-41(12-3,13-4)14-5)33-26(8)22-34(35,39-33)21-25(7)29(11-2)37-23-27-15-17-28(36-9)18-16-27;1-2/h12,16-19,25-28,32-35H,2,11,13-15,20-24H2,1,3-10H3;11,15-18,24-26,29-33,35H,2,10,12-14,19-23H2,1,3-9H3;1-2H2/t25-,26-,27-,28-,32+,33-,34-,35-;24-,25-,26-,29+,30-,31+,32-,33-,34?;/m00./s1. The topological polar surface area (TPSA) is 124 Å². The smallest absolute Gasteiger partial charge is 0.192 e. The van der Waals surface area contributed by atoms with Crippen LogP contribution in [0.25, 0.3) is 0 Å². The second kappa shape index (κ2) is 37.8. The van der Waals surface area contributed by atoms with Crippen molar-refractivity contribution in [1.29, 1.82) is 0 Å². The Morgan fingerprint density at radius 2 is 1.15 bits per heavy atom. The van der Waals surface area contributed by atoms with Crippen molar-refractivity contribution in [3.8, 4) is 11.5 Å². The highest BCUT2D eigenvalue weighted by Crippen LogP contribution is 2.45. The first-order valence-electron chi connectivity index (χ1n) is 32.9. The fourth-order valence-electron chi connectivity index (χ4n) is 12.9. The van der Waals surface area contributed by atoms with E-state index < -0.39 is 22.4 Å². The summed E-state index contributed by atoms with van der Waals surface area (Å²) in [5.41, 5.74) is 2.14. The highest BCUT2D eigenvalue weighted by molar-refractivity contribution is 6.74. The van der Waals surface area contributed by atoms with E-state index in [-0.39, 0.29) is 78.3 Å². The summed E-state index contributed by atoms with van der Waals surface area (Å²) in [5.74, 6) is 2.90. The SMILES string of the molecule is C=C.C=C[C@@H](OCc1ccc(OC)cc1)[C@@H](C)CC(=O)C[C@H](C)[C@@H]1O[C@H]([C@@H](C)C[C@@H](C)CC)C[C@@H]1O[Si](CC)(CC)CC.C=C[C@@H](OCc1ccc(OC)cc1)[C@@H](C)CC1(O)C[C@H](C)[C@@H]([C@H](C[C@H]2O[C@H]2C[C@@H](C)CC)O[Si](CC)(CC)CC)O1. The third kappa shape index (κ3) is 23.2. The molecule has 11 nitrogen and oxygen atoms in total. The van der Waals surface area contributed by atoms with Crippen LogP contribution in [0.15, 0.2) is 87.0 Å². The van der Waals surface area contributed by atoms with E-state index in [1.807, 2.05) is 60.7 Å². The van der Waals surface area contributed by atoms with Crippen LogP contribution in [0.2, 0.25) is 36.3 Å². The lowest BCUT2D eigenvalue weighted by atomic mass is 9.88. The molecule has 0 aliphatic carbocycles. The molecule has 2 aromatic rings. The number of Topliss-reactive ketones (excluding diaryl/α,β-unsaturated/α-hetero) is 1. The Hall–Kier alpha value is -2.96. The van der Waals surface area contributed by atoms with Gasteiger partial charge in [-0.2, -0.15) is 0 Å². The van der Waals surface area contributed by atoms with Crippen LogP contribution < -0.4 is 9.47 Å². The van der Waals surface area contributed by atoms with Gasteiger partial charge in [0.2, 0.25) is 0 Å². The van der Waals surface area contributed by atoms with Crippen molar-refractivity contribution in [2.24, 2.45) is 41.4 Å². The summed E-state index contributed by atoms with van der Waals surface area (Å²) in [6.07, 6.45) is 12.3. The number of rotatable bonds is 39. The minimum absolute atomic E-state index is 0.0307. The van der Waals surface area contributed by atoms with Gasteiger partial charge in [0.1, 0.15) is 17.3 Å². The maximum absolute atomic E-state index is 13.4. The number of carbonyl (C=O) groups excluding carboxylic acids is 1. The molecule has 2 aromatic carbocycles. The van der Waals surface area contributed by atoms with Crippen LogP contribution in [-0.2, 0) is 50.5 Å². The molecule has 0 aromatic heterocycles. The fraction of sp³-hybridized carbons (Fsp3) is 0.732.